The van der Waals surface area contributed by atoms with Crippen molar-refractivity contribution < 1.29 is 9.53 Å². The van der Waals surface area contributed by atoms with Crippen LogP contribution in [0.15, 0.2) is 48.5 Å². The first kappa shape index (κ1) is 13.7. The van der Waals surface area contributed by atoms with Gasteiger partial charge >= 0.3 is 0 Å². The van der Waals surface area contributed by atoms with Crippen LogP contribution in [0.4, 0.5) is 5.69 Å². The summed E-state index contributed by atoms with van der Waals surface area (Å²) < 4.78 is 5.69. The number of carbonyl (C=O) groups excluding carboxylic acids is 1. The molecule has 0 unspecified atom stereocenters. The number of rotatable bonds is 2. The SMILES string of the molecule is Cc1ccc(CC(=O)N2c3ccccc3OC[C@@H]2C)cc1. The van der Waals surface area contributed by atoms with Gasteiger partial charge in [-0.1, -0.05) is 42.0 Å². The summed E-state index contributed by atoms with van der Waals surface area (Å²) in [5.74, 6) is 0.898. The van der Waals surface area contributed by atoms with E-state index in [0.29, 0.717) is 13.0 Å². The average Bonchev–Trinajstić information content (AvgIpc) is 2.49. The molecule has 0 aromatic heterocycles. The Hall–Kier alpha value is -2.29. The number of para-hydroxylation sites is 2. The van der Waals surface area contributed by atoms with Gasteiger partial charge in [-0.05, 0) is 31.5 Å². The van der Waals surface area contributed by atoms with E-state index in [0.717, 1.165) is 17.0 Å². The van der Waals surface area contributed by atoms with Crippen LogP contribution in [0.3, 0.4) is 0 Å². The molecule has 108 valence electrons. The molecule has 3 rings (SSSR count). The molecule has 0 aliphatic carbocycles. The van der Waals surface area contributed by atoms with Crippen LogP contribution >= 0.6 is 0 Å². The minimum atomic E-state index is 0.0536. The van der Waals surface area contributed by atoms with Crippen molar-refractivity contribution in [1.29, 1.82) is 0 Å². The summed E-state index contributed by atoms with van der Waals surface area (Å²) in [6.07, 6.45) is 0.416. The third kappa shape index (κ3) is 2.77. The third-order valence-electron chi connectivity index (χ3n) is 3.79. The molecule has 0 saturated heterocycles. The second-order valence-corrected chi connectivity index (χ2v) is 5.55. The molecular weight excluding hydrogens is 262 g/mol. The van der Waals surface area contributed by atoms with Crippen molar-refractivity contribution >= 4 is 11.6 Å². The Morgan fingerprint density at radius 2 is 1.90 bits per heavy atom. The Morgan fingerprint density at radius 3 is 2.67 bits per heavy atom. The van der Waals surface area contributed by atoms with E-state index in [9.17, 15) is 4.79 Å². The standard InChI is InChI=1S/C18H19NO2/c1-13-7-9-15(10-8-13)11-18(20)19-14(2)12-21-17-6-4-3-5-16(17)19/h3-10,14H,11-12H2,1-2H3/t14-/m0/s1. The summed E-state index contributed by atoms with van der Waals surface area (Å²) in [5, 5.41) is 0. The summed E-state index contributed by atoms with van der Waals surface area (Å²) in [6, 6.07) is 15.9. The molecule has 0 fully saturated rings. The van der Waals surface area contributed by atoms with Gasteiger partial charge in [-0.15, -0.1) is 0 Å². The zero-order valence-electron chi connectivity index (χ0n) is 12.4. The number of fused-ring (bicyclic) bond motifs is 1. The number of amides is 1. The first-order chi connectivity index (χ1) is 10.1. The molecule has 2 aromatic carbocycles. The van der Waals surface area contributed by atoms with Crippen LogP contribution in [0.2, 0.25) is 0 Å². The number of benzene rings is 2. The minimum Gasteiger partial charge on any atom is -0.489 e. The van der Waals surface area contributed by atoms with E-state index in [1.807, 2.05) is 67.3 Å². The van der Waals surface area contributed by atoms with Gasteiger partial charge in [0.2, 0.25) is 5.91 Å². The van der Waals surface area contributed by atoms with Crippen molar-refractivity contribution in [3.8, 4) is 5.75 Å². The molecular formula is C18H19NO2. The molecule has 0 bridgehead atoms. The summed E-state index contributed by atoms with van der Waals surface area (Å²) in [5.41, 5.74) is 3.12. The van der Waals surface area contributed by atoms with Crippen LogP contribution in [-0.2, 0) is 11.2 Å². The average molecular weight is 281 g/mol. The molecule has 0 radical (unpaired) electrons. The Kier molecular flexibility index (Phi) is 3.65. The number of anilines is 1. The summed E-state index contributed by atoms with van der Waals surface area (Å²) >= 11 is 0. The predicted molar refractivity (Wildman–Crippen MR) is 83.8 cm³/mol. The summed E-state index contributed by atoms with van der Waals surface area (Å²) in [7, 11) is 0. The Labute approximate surface area is 125 Å². The van der Waals surface area contributed by atoms with E-state index in [1.54, 1.807) is 0 Å². The number of aryl methyl sites for hydroxylation is 1. The molecule has 0 spiro atoms. The van der Waals surface area contributed by atoms with Gasteiger partial charge in [0.05, 0.1) is 18.2 Å². The van der Waals surface area contributed by atoms with E-state index in [-0.39, 0.29) is 11.9 Å². The second kappa shape index (κ2) is 5.60. The van der Waals surface area contributed by atoms with Crippen molar-refractivity contribution in [3.05, 3.63) is 59.7 Å². The maximum absolute atomic E-state index is 12.7. The first-order valence-electron chi connectivity index (χ1n) is 7.24. The Morgan fingerprint density at radius 1 is 1.19 bits per heavy atom. The molecule has 3 nitrogen and oxygen atoms in total. The van der Waals surface area contributed by atoms with Crippen molar-refractivity contribution in [2.24, 2.45) is 0 Å². The van der Waals surface area contributed by atoms with Crippen molar-refractivity contribution in [3.63, 3.8) is 0 Å². The van der Waals surface area contributed by atoms with Crippen LogP contribution in [0.1, 0.15) is 18.1 Å². The molecule has 1 atom stereocenters. The Balaban J connectivity index is 1.85. The lowest BCUT2D eigenvalue weighted by atomic mass is 10.1. The van der Waals surface area contributed by atoms with E-state index >= 15 is 0 Å². The van der Waals surface area contributed by atoms with Gasteiger partial charge in [-0.2, -0.15) is 0 Å². The molecule has 1 heterocycles. The number of hydrogen-bond donors (Lipinski definition) is 0. The largest absolute Gasteiger partial charge is 0.489 e. The maximum Gasteiger partial charge on any atom is 0.231 e. The molecule has 1 amide bonds. The fourth-order valence-electron chi connectivity index (χ4n) is 2.65. The van der Waals surface area contributed by atoms with Crippen LogP contribution in [0.5, 0.6) is 5.75 Å². The summed E-state index contributed by atoms with van der Waals surface area (Å²) in [4.78, 5) is 14.6. The van der Waals surface area contributed by atoms with E-state index in [2.05, 4.69) is 0 Å². The lowest BCUT2D eigenvalue weighted by molar-refractivity contribution is -0.118. The molecule has 2 aromatic rings. The summed E-state index contributed by atoms with van der Waals surface area (Å²) in [6.45, 7) is 4.60. The van der Waals surface area contributed by atoms with Gasteiger partial charge in [-0.3, -0.25) is 4.79 Å². The molecule has 0 N–H and O–H groups in total. The smallest absolute Gasteiger partial charge is 0.231 e. The molecule has 1 aliphatic rings. The zero-order chi connectivity index (χ0) is 14.8. The highest BCUT2D eigenvalue weighted by Crippen LogP contribution is 2.33. The second-order valence-electron chi connectivity index (χ2n) is 5.55. The number of carbonyl (C=O) groups is 1. The monoisotopic (exact) mass is 281 g/mol. The highest BCUT2D eigenvalue weighted by molar-refractivity contribution is 5.97. The molecule has 3 heteroatoms. The van der Waals surface area contributed by atoms with E-state index in [1.165, 1.54) is 5.56 Å². The van der Waals surface area contributed by atoms with Gasteiger partial charge in [-0.25, -0.2) is 0 Å². The fraction of sp³-hybridized carbons (Fsp3) is 0.278. The predicted octanol–water partition coefficient (Wildman–Crippen LogP) is 3.35. The number of ether oxygens (including phenoxy) is 1. The van der Waals surface area contributed by atoms with Crippen LogP contribution in [0.25, 0.3) is 0 Å². The fourth-order valence-corrected chi connectivity index (χ4v) is 2.65. The zero-order valence-corrected chi connectivity index (χ0v) is 12.4. The quantitative estimate of drug-likeness (QED) is 0.845. The van der Waals surface area contributed by atoms with Crippen LogP contribution < -0.4 is 9.64 Å². The third-order valence-corrected chi connectivity index (χ3v) is 3.79. The lowest BCUT2D eigenvalue weighted by Crippen LogP contribution is -2.45. The minimum absolute atomic E-state index is 0.0536. The van der Waals surface area contributed by atoms with E-state index < -0.39 is 0 Å². The number of hydrogen-bond acceptors (Lipinski definition) is 2. The molecule has 1 aliphatic heterocycles. The molecule has 0 saturated carbocycles. The Bertz CT molecular complexity index is 649. The maximum atomic E-state index is 12.7. The van der Waals surface area contributed by atoms with Gasteiger partial charge in [0, 0.05) is 0 Å². The topological polar surface area (TPSA) is 29.5 Å². The van der Waals surface area contributed by atoms with Gasteiger partial charge in [0.15, 0.2) is 0 Å². The van der Waals surface area contributed by atoms with Crippen LogP contribution in [0, 0.1) is 6.92 Å². The van der Waals surface area contributed by atoms with Gasteiger partial charge in [0.25, 0.3) is 0 Å². The van der Waals surface area contributed by atoms with Crippen LogP contribution in [-0.4, -0.2) is 18.6 Å². The van der Waals surface area contributed by atoms with Crippen molar-refractivity contribution in [2.45, 2.75) is 26.3 Å². The highest BCUT2D eigenvalue weighted by Gasteiger charge is 2.28. The van der Waals surface area contributed by atoms with E-state index in [4.69, 9.17) is 4.74 Å². The number of nitrogens with zero attached hydrogens (tertiary/aromatic N) is 1. The van der Waals surface area contributed by atoms with Gasteiger partial charge < -0.3 is 9.64 Å². The highest BCUT2D eigenvalue weighted by atomic mass is 16.5. The molecule has 21 heavy (non-hydrogen) atoms. The van der Waals surface area contributed by atoms with Crippen molar-refractivity contribution in [1.82, 2.24) is 0 Å². The van der Waals surface area contributed by atoms with Gasteiger partial charge in [0.1, 0.15) is 12.4 Å². The van der Waals surface area contributed by atoms with Crippen molar-refractivity contribution in [2.75, 3.05) is 11.5 Å². The first-order valence-corrected chi connectivity index (χ1v) is 7.24. The normalized spacial score (nSPS) is 17.0. The lowest BCUT2D eigenvalue weighted by Gasteiger charge is -2.35.